The molecule has 1 aliphatic rings. The molecular weight excluding hydrogens is 458 g/mol. The molecule has 6 nitrogen and oxygen atoms in total. The van der Waals surface area contributed by atoms with Crippen molar-refractivity contribution in [2.75, 3.05) is 12.0 Å². The average molecular weight is 482 g/mol. The highest BCUT2D eigenvalue weighted by molar-refractivity contribution is 7.80. The molecule has 0 radical (unpaired) electrons. The second-order valence-corrected chi connectivity index (χ2v) is 8.11. The highest BCUT2D eigenvalue weighted by Crippen LogP contribution is 2.35. The summed E-state index contributed by atoms with van der Waals surface area (Å²) in [5, 5.41) is 12.7. The number of nitrogens with one attached hydrogen (secondary N) is 1. The van der Waals surface area contributed by atoms with E-state index < -0.39 is 0 Å². The van der Waals surface area contributed by atoms with Crippen molar-refractivity contribution in [2.24, 2.45) is 0 Å². The third kappa shape index (κ3) is 5.08. The first-order valence-electron chi connectivity index (χ1n) is 10.9. The molecule has 7 heteroatoms. The standard InChI is InChI=1S/C28H23N3O3S/c1-3-9-20-14-19(15-24-27(32)31(28(35)30-24)23-12-5-4-6-13-23)16-25(33-2)26(20)34-18-22-11-8-7-10-21(22)17-29/h3-8,10-16H,1,9,18H2,2H3,(H,30,35). The Morgan fingerprint density at radius 2 is 1.86 bits per heavy atom. The molecule has 3 aromatic carbocycles. The topological polar surface area (TPSA) is 74.6 Å². The van der Waals surface area contributed by atoms with Gasteiger partial charge < -0.3 is 14.8 Å². The molecule has 35 heavy (non-hydrogen) atoms. The van der Waals surface area contributed by atoms with Gasteiger partial charge in [0.25, 0.3) is 5.91 Å². The zero-order valence-electron chi connectivity index (χ0n) is 19.2. The fraction of sp³-hybridized carbons (Fsp3) is 0.107. The number of rotatable bonds is 8. The smallest absolute Gasteiger partial charge is 0.281 e. The number of anilines is 1. The number of benzene rings is 3. The van der Waals surface area contributed by atoms with Gasteiger partial charge in [0, 0.05) is 11.1 Å². The quantitative estimate of drug-likeness (QED) is 0.273. The summed E-state index contributed by atoms with van der Waals surface area (Å²) >= 11 is 5.40. The predicted molar refractivity (Wildman–Crippen MR) is 140 cm³/mol. The van der Waals surface area contributed by atoms with Crippen molar-refractivity contribution in [3.05, 3.63) is 107 Å². The maximum Gasteiger partial charge on any atom is 0.281 e. The Hall–Kier alpha value is -4.41. The summed E-state index contributed by atoms with van der Waals surface area (Å²) in [6, 6.07) is 22.5. The first kappa shape index (κ1) is 23.7. The summed E-state index contributed by atoms with van der Waals surface area (Å²) < 4.78 is 11.7. The van der Waals surface area contributed by atoms with Gasteiger partial charge in [-0.1, -0.05) is 42.5 Å². The van der Waals surface area contributed by atoms with Crippen LogP contribution >= 0.6 is 12.2 Å². The molecule has 1 heterocycles. The molecule has 1 aliphatic heterocycles. The largest absolute Gasteiger partial charge is 0.493 e. The van der Waals surface area contributed by atoms with Gasteiger partial charge in [-0.25, -0.2) is 0 Å². The Labute approximate surface area is 209 Å². The molecule has 0 aliphatic carbocycles. The number of ether oxygens (including phenoxy) is 2. The number of amides is 1. The van der Waals surface area contributed by atoms with Crippen molar-refractivity contribution >= 4 is 35.0 Å². The van der Waals surface area contributed by atoms with E-state index in [0.717, 1.165) is 16.7 Å². The Morgan fingerprint density at radius 3 is 2.57 bits per heavy atom. The molecule has 0 bridgehead atoms. The molecule has 3 aromatic rings. The maximum atomic E-state index is 13.1. The number of hydrogen-bond donors (Lipinski definition) is 1. The molecule has 0 unspecified atom stereocenters. The molecule has 1 saturated heterocycles. The SMILES string of the molecule is C=CCc1cc(C=C2NC(=S)N(c3ccccc3)C2=O)cc(OC)c1OCc1ccccc1C#N. The number of allylic oxidation sites excluding steroid dienone is 1. The summed E-state index contributed by atoms with van der Waals surface area (Å²) in [5.41, 5.74) is 3.99. The van der Waals surface area contributed by atoms with Gasteiger partial charge in [-0.3, -0.25) is 9.69 Å². The van der Waals surface area contributed by atoms with Crippen LogP contribution in [0.2, 0.25) is 0 Å². The van der Waals surface area contributed by atoms with E-state index in [-0.39, 0.29) is 12.5 Å². The van der Waals surface area contributed by atoms with E-state index >= 15 is 0 Å². The summed E-state index contributed by atoms with van der Waals surface area (Å²) in [5.74, 6) is 0.840. The van der Waals surface area contributed by atoms with E-state index in [2.05, 4.69) is 18.0 Å². The predicted octanol–water partition coefficient (Wildman–Crippen LogP) is 5.14. The lowest BCUT2D eigenvalue weighted by molar-refractivity contribution is -0.113. The van der Waals surface area contributed by atoms with E-state index in [1.165, 1.54) is 4.90 Å². The van der Waals surface area contributed by atoms with Crippen LogP contribution in [0.3, 0.4) is 0 Å². The number of nitrogens with zero attached hydrogens (tertiary/aromatic N) is 2. The minimum absolute atomic E-state index is 0.213. The first-order chi connectivity index (χ1) is 17.0. The molecule has 4 rings (SSSR count). The van der Waals surface area contributed by atoms with Crippen molar-refractivity contribution in [2.45, 2.75) is 13.0 Å². The van der Waals surface area contributed by atoms with Crippen LogP contribution in [0.25, 0.3) is 6.08 Å². The van der Waals surface area contributed by atoms with E-state index in [1.54, 1.807) is 31.4 Å². The highest BCUT2D eigenvalue weighted by Gasteiger charge is 2.32. The molecule has 0 saturated carbocycles. The van der Waals surface area contributed by atoms with Crippen molar-refractivity contribution in [3.63, 3.8) is 0 Å². The van der Waals surface area contributed by atoms with Crippen LogP contribution in [0.5, 0.6) is 11.5 Å². The van der Waals surface area contributed by atoms with E-state index in [4.69, 9.17) is 21.7 Å². The third-order valence-corrected chi connectivity index (χ3v) is 5.74. The van der Waals surface area contributed by atoms with Crippen LogP contribution < -0.4 is 19.7 Å². The minimum Gasteiger partial charge on any atom is -0.493 e. The Kier molecular flexibility index (Phi) is 7.24. The van der Waals surface area contributed by atoms with Crippen molar-refractivity contribution in [1.82, 2.24) is 5.32 Å². The summed E-state index contributed by atoms with van der Waals surface area (Å²) in [7, 11) is 1.56. The maximum absolute atomic E-state index is 13.1. The number of thiocarbonyl (C=S) groups is 1. The van der Waals surface area contributed by atoms with Gasteiger partial charge in [0.15, 0.2) is 16.6 Å². The number of methoxy groups -OCH3 is 1. The second-order valence-electron chi connectivity index (χ2n) is 7.73. The van der Waals surface area contributed by atoms with Crippen molar-refractivity contribution < 1.29 is 14.3 Å². The van der Waals surface area contributed by atoms with E-state index in [1.807, 2.05) is 54.6 Å². The normalized spacial score (nSPS) is 13.9. The number of nitriles is 1. The first-order valence-corrected chi connectivity index (χ1v) is 11.3. The molecule has 1 N–H and O–H groups in total. The van der Waals surface area contributed by atoms with Gasteiger partial charge >= 0.3 is 0 Å². The zero-order chi connectivity index (χ0) is 24.8. The summed E-state index contributed by atoms with van der Waals surface area (Å²) in [6.45, 7) is 4.06. The summed E-state index contributed by atoms with van der Waals surface area (Å²) in [6.07, 6.45) is 4.03. The lowest BCUT2D eigenvalue weighted by atomic mass is 10.0. The van der Waals surface area contributed by atoms with Crippen molar-refractivity contribution in [1.29, 1.82) is 5.26 Å². The van der Waals surface area contributed by atoms with E-state index in [0.29, 0.717) is 40.0 Å². The van der Waals surface area contributed by atoms with Crippen LogP contribution in [-0.4, -0.2) is 18.1 Å². The Balaban J connectivity index is 1.66. The van der Waals surface area contributed by atoms with Crippen LogP contribution in [0.1, 0.15) is 22.3 Å². The lowest BCUT2D eigenvalue weighted by Gasteiger charge is -2.16. The van der Waals surface area contributed by atoms with Gasteiger partial charge in [0.2, 0.25) is 0 Å². The Bertz CT molecular complexity index is 1360. The number of carbonyl (C=O) groups excluding carboxylic acids is 1. The monoisotopic (exact) mass is 481 g/mol. The molecule has 1 amide bonds. The van der Waals surface area contributed by atoms with Gasteiger partial charge in [-0.2, -0.15) is 5.26 Å². The van der Waals surface area contributed by atoms with Gasteiger partial charge in [0.1, 0.15) is 12.3 Å². The average Bonchev–Trinajstić information content (AvgIpc) is 3.16. The van der Waals surface area contributed by atoms with E-state index in [9.17, 15) is 10.1 Å². The highest BCUT2D eigenvalue weighted by atomic mass is 32.1. The second kappa shape index (κ2) is 10.7. The molecule has 1 fully saturated rings. The Morgan fingerprint density at radius 1 is 1.11 bits per heavy atom. The lowest BCUT2D eigenvalue weighted by Crippen LogP contribution is -2.30. The summed E-state index contributed by atoms with van der Waals surface area (Å²) in [4.78, 5) is 14.5. The van der Waals surface area contributed by atoms with Crippen molar-refractivity contribution in [3.8, 4) is 17.6 Å². The molecular formula is C28H23N3O3S. The molecule has 174 valence electrons. The fourth-order valence-corrected chi connectivity index (χ4v) is 4.11. The number of para-hydroxylation sites is 1. The fourth-order valence-electron chi connectivity index (χ4n) is 3.81. The number of hydrogen-bond acceptors (Lipinski definition) is 5. The van der Waals surface area contributed by atoms with Crippen LogP contribution in [-0.2, 0) is 17.8 Å². The molecule has 0 atom stereocenters. The van der Waals surface area contributed by atoms with Gasteiger partial charge in [0.05, 0.1) is 24.4 Å². The minimum atomic E-state index is -0.237. The van der Waals surface area contributed by atoms with Gasteiger partial charge in [-0.05, 0) is 60.6 Å². The molecule has 0 spiro atoms. The third-order valence-electron chi connectivity index (χ3n) is 5.45. The molecule has 0 aromatic heterocycles. The van der Waals surface area contributed by atoms with Crippen LogP contribution in [0.4, 0.5) is 5.69 Å². The zero-order valence-corrected chi connectivity index (χ0v) is 20.0. The number of carbonyl (C=O) groups is 1. The van der Waals surface area contributed by atoms with Crippen LogP contribution in [0, 0.1) is 11.3 Å². The van der Waals surface area contributed by atoms with Crippen LogP contribution in [0.15, 0.2) is 85.1 Å². The van der Waals surface area contributed by atoms with Gasteiger partial charge in [-0.15, -0.1) is 6.58 Å².